The molecule has 0 saturated carbocycles. The van der Waals surface area contributed by atoms with E-state index >= 15 is 0 Å². The molecule has 6 heteroatoms. The van der Waals surface area contributed by atoms with Crippen molar-refractivity contribution >= 4 is 36.2 Å². The summed E-state index contributed by atoms with van der Waals surface area (Å²) in [5.74, 6) is -2.94. The Morgan fingerprint density at radius 2 is 0.833 bits per heavy atom. The molecule has 0 bridgehead atoms. The van der Waals surface area contributed by atoms with Crippen molar-refractivity contribution in [1.82, 2.24) is 0 Å². The van der Waals surface area contributed by atoms with Crippen molar-refractivity contribution < 1.29 is 30.0 Å². The van der Waals surface area contributed by atoms with Gasteiger partial charge in [0.1, 0.15) is 22.6 Å². The Bertz CT molecular complexity index is 1060. The Labute approximate surface area is 172 Å². The van der Waals surface area contributed by atoms with E-state index < -0.39 is 11.9 Å². The first-order valence-electron chi connectivity index (χ1n) is 8.92. The van der Waals surface area contributed by atoms with Gasteiger partial charge in [-0.25, -0.2) is 9.59 Å². The molecule has 3 aromatic carbocycles. The highest BCUT2D eigenvalue weighted by Gasteiger charge is 2.09. The lowest BCUT2D eigenvalue weighted by molar-refractivity contribution is 0.0682. The van der Waals surface area contributed by atoms with E-state index in [1.165, 1.54) is 24.3 Å². The molecule has 0 unspecified atom stereocenters. The summed E-state index contributed by atoms with van der Waals surface area (Å²) in [4.78, 5) is 22.2. The van der Waals surface area contributed by atoms with Crippen molar-refractivity contribution in [2.75, 3.05) is 0 Å². The number of hydrogen-bond donors (Lipinski definition) is 4. The second kappa shape index (κ2) is 8.79. The molecular formula is C24H18O6. The molecule has 4 N–H and O–H groups in total. The highest BCUT2D eigenvalue weighted by atomic mass is 16.4. The second-order valence-corrected chi connectivity index (χ2v) is 6.50. The number of aromatic hydroxyl groups is 2. The molecule has 6 nitrogen and oxygen atoms in total. The molecule has 0 amide bonds. The van der Waals surface area contributed by atoms with Gasteiger partial charge in [0.2, 0.25) is 0 Å². The van der Waals surface area contributed by atoms with Crippen LogP contribution in [0, 0.1) is 0 Å². The standard InChI is InChI=1S/C24H18O6/c25-21-11-9-17(13-19(21)23(27)28)7-5-15-1-2-16(4-3-15)6-8-18-10-12-22(26)20(14-18)24(29)30/h1-14,25-26H,(H,27,28)(H,29,30)/b7-5+,8-6+. The number of phenols is 2. The van der Waals surface area contributed by atoms with Crippen LogP contribution in [0.15, 0.2) is 60.7 Å². The average molecular weight is 402 g/mol. The molecule has 3 aromatic rings. The van der Waals surface area contributed by atoms with Crippen molar-refractivity contribution in [3.8, 4) is 11.5 Å². The number of benzene rings is 3. The molecule has 3 rings (SSSR count). The molecule has 0 heterocycles. The van der Waals surface area contributed by atoms with Crippen LogP contribution in [0.1, 0.15) is 43.0 Å². The van der Waals surface area contributed by atoms with Crippen molar-refractivity contribution in [3.05, 3.63) is 94.0 Å². The smallest absolute Gasteiger partial charge is 0.339 e. The first-order chi connectivity index (χ1) is 14.3. The van der Waals surface area contributed by atoms with Crippen LogP contribution in [0.5, 0.6) is 11.5 Å². The molecule has 0 atom stereocenters. The second-order valence-electron chi connectivity index (χ2n) is 6.50. The number of aromatic carboxylic acids is 2. The van der Waals surface area contributed by atoms with Gasteiger partial charge in [-0.1, -0.05) is 60.7 Å². The summed E-state index contributed by atoms with van der Waals surface area (Å²) in [6.07, 6.45) is 7.15. The largest absolute Gasteiger partial charge is 0.507 e. The fraction of sp³-hybridized carbons (Fsp3) is 0. The Balaban J connectivity index is 1.72. The van der Waals surface area contributed by atoms with E-state index in [4.69, 9.17) is 10.2 Å². The Morgan fingerprint density at radius 1 is 0.533 bits per heavy atom. The van der Waals surface area contributed by atoms with Gasteiger partial charge in [0, 0.05) is 0 Å². The number of rotatable bonds is 6. The molecule has 0 fully saturated rings. The molecule has 0 aromatic heterocycles. The molecule has 0 aliphatic rings. The van der Waals surface area contributed by atoms with Crippen LogP contribution < -0.4 is 0 Å². The zero-order valence-electron chi connectivity index (χ0n) is 15.7. The predicted molar refractivity (Wildman–Crippen MR) is 114 cm³/mol. The van der Waals surface area contributed by atoms with E-state index in [9.17, 15) is 19.8 Å². The van der Waals surface area contributed by atoms with Crippen LogP contribution in [-0.4, -0.2) is 32.4 Å². The molecule has 30 heavy (non-hydrogen) atoms. The van der Waals surface area contributed by atoms with Crippen molar-refractivity contribution in [2.45, 2.75) is 0 Å². The number of hydrogen-bond acceptors (Lipinski definition) is 4. The Kier molecular flexibility index (Phi) is 5.98. The van der Waals surface area contributed by atoms with E-state index in [2.05, 4.69) is 0 Å². The Morgan fingerprint density at radius 3 is 1.17 bits per heavy atom. The predicted octanol–water partition coefficient (Wildman–Crippen LogP) is 4.84. The summed E-state index contributed by atoms with van der Waals surface area (Å²) in [7, 11) is 0. The normalized spacial score (nSPS) is 11.2. The van der Waals surface area contributed by atoms with Gasteiger partial charge in [0.05, 0.1) is 0 Å². The summed E-state index contributed by atoms with van der Waals surface area (Å²) in [6.45, 7) is 0. The highest BCUT2D eigenvalue weighted by Crippen LogP contribution is 2.21. The van der Waals surface area contributed by atoms with Crippen LogP contribution in [0.4, 0.5) is 0 Å². The molecule has 0 saturated heterocycles. The van der Waals surface area contributed by atoms with Crippen LogP contribution >= 0.6 is 0 Å². The van der Waals surface area contributed by atoms with E-state index in [0.717, 1.165) is 11.1 Å². The van der Waals surface area contributed by atoms with E-state index in [1.54, 1.807) is 24.3 Å². The van der Waals surface area contributed by atoms with Crippen molar-refractivity contribution in [2.24, 2.45) is 0 Å². The lowest BCUT2D eigenvalue weighted by Crippen LogP contribution is -1.96. The van der Waals surface area contributed by atoms with Gasteiger partial charge in [-0.15, -0.1) is 0 Å². The van der Waals surface area contributed by atoms with Crippen LogP contribution in [0.2, 0.25) is 0 Å². The van der Waals surface area contributed by atoms with Gasteiger partial charge in [0.25, 0.3) is 0 Å². The monoisotopic (exact) mass is 402 g/mol. The first-order valence-corrected chi connectivity index (χ1v) is 8.92. The number of carboxylic acid groups (broad SMARTS) is 2. The maximum Gasteiger partial charge on any atom is 0.339 e. The minimum Gasteiger partial charge on any atom is -0.507 e. The van der Waals surface area contributed by atoms with E-state index in [0.29, 0.717) is 11.1 Å². The summed E-state index contributed by atoms with van der Waals surface area (Å²) < 4.78 is 0. The number of carboxylic acids is 2. The summed E-state index contributed by atoms with van der Waals surface area (Å²) >= 11 is 0. The minimum atomic E-state index is -1.19. The third-order valence-electron chi connectivity index (χ3n) is 4.37. The fourth-order valence-corrected chi connectivity index (χ4v) is 2.76. The summed E-state index contributed by atoms with van der Waals surface area (Å²) in [5, 5.41) is 37.2. The molecule has 150 valence electrons. The Hall–Kier alpha value is -4.32. The third kappa shape index (κ3) is 4.94. The summed E-state index contributed by atoms with van der Waals surface area (Å²) in [5.41, 5.74) is 2.78. The first kappa shape index (κ1) is 20.4. The van der Waals surface area contributed by atoms with Gasteiger partial charge in [-0.3, -0.25) is 0 Å². The topological polar surface area (TPSA) is 115 Å². The van der Waals surface area contributed by atoms with Crippen LogP contribution in [-0.2, 0) is 0 Å². The average Bonchev–Trinajstić information content (AvgIpc) is 2.73. The fourth-order valence-electron chi connectivity index (χ4n) is 2.76. The highest BCUT2D eigenvalue weighted by molar-refractivity contribution is 5.92. The lowest BCUT2D eigenvalue weighted by Gasteiger charge is -2.02. The van der Waals surface area contributed by atoms with Crippen LogP contribution in [0.25, 0.3) is 24.3 Å². The van der Waals surface area contributed by atoms with Gasteiger partial charge in [-0.05, 0) is 46.5 Å². The number of carbonyl (C=O) groups is 2. The third-order valence-corrected chi connectivity index (χ3v) is 4.37. The molecular weight excluding hydrogens is 384 g/mol. The minimum absolute atomic E-state index is 0.155. The maximum atomic E-state index is 11.1. The van der Waals surface area contributed by atoms with Crippen LogP contribution in [0.3, 0.4) is 0 Å². The SMILES string of the molecule is O=C(O)c1cc(/C=C/c2ccc(/C=C/c3ccc(O)c(C(=O)O)c3)cc2)ccc1O. The molecule has 0 aliphatic heterocycles. The molecule has 0 radical (unpaired) electrons. The van der Waals surface area contributed by atoms with Gasteiger partial charge in [0.15, 0.2) is 0 Å². The van der Waals surface area contributed by atoms with Gasteiger partial charge >= 0.3 is 11.9 Å². The zero-order chi connectivity index (χ0) is 21.7. The van der Waals surface area contributed by atoms with Gasteiger partial charge < -0.3 is 20.4 Å². The van der Waals surface area contributed by atoms with Crippen molar-refractivity contribution in [3.63, 3.8) is 0 Å². The quantitative estimate of drug-likeness (QED) is 0.439. The van der Waals surface area contributed by atoms with E-state index in [1.807, 2.05) is 36.4 Å². The molecule has 0 aliphatic carbocycles. The molecule has 0 spiro atoms. The zero-order valence-corrected chi connectivity index (χ0v) is 15.7. The van der Waals surface area contributed by atoms with Crippen molar-refractivity contribution in [1.29, 1.82) is 0 Å². The summed E-state index contributed by atoms with van der Waals surface area (Å²) in [6, 6.07) is 16.3. The maximum absolute atomic E-state index is 11.1. The van der Waals surface area contributed by atoms with Gasteiger partial charge in [-0.2, -0.15) is 0 Å². The lowest BCUT2D eigenvalue weighted by atomic mass is 10.1. The van der Waals surface area contributed by atoms with E-state index in [-0.39, 0.29) is 22.6 Å².